The zero-order chi connectivity index (χ0) is 29.8. The molecule has 16 heteroatoms. The van der Waals surface area contributed by atoms with Crippen molar-refractivity contribution in [3.05, 3.63) is 64.5 Å². The molecular weight excluding hydrogens is 573 g/mol. The quantitative estimate of drug-likeness (QED) is 0.232. The summed E-state index contributed by atoms with van der Waals surface area (Å²) >= 11 is 0.992. The van der Waals surface area contributed by atoms with Gasteiger partial charge in [-0.1, -0.05) is 17.0 Å². The van der Waals surface area contributed by atoms with Gasteiger partial charge >= 0.3 is 17.9 Å². The first-order chi connectivity index (χ1) is 19.4. The molecule has 0 radical (unpaired) electrons. The minimum absolute atomic E-state index is 0.0900. The number of nitrogens with zero attached hydrogens (tertiary/aromatic N) is 3. The average molecular weight is 597 g/mol. The molecule has 3 aromatic rings. The normalized spacial score (nSPS) is 22.1. The number of pyridine rings is 1. The van der Waals surface area contributed by atoms with Gasteiger partial charge < -0.3 is 23.9 Å². The molecule has 1 aliphatic rings. The fourth-order valence-electron chi connectivity index (χ4n) is 4.17. The van der Waals surface area contributed by atoms with Crippen molar-refractivity contribution in [2.24, 2.45) is 0 Å². The van der Waals surface area contributed by atoms with Gasteiger partial charge in [-0.05, 0) is 18.2 Å². The lowest BCUT2D eigenvalue weighted by Crippen LogP contribution is -2.57. The van der Waals surface area contributed by atoms with Crippen LogP contribution in [0, 0.1) is 17.5 Å². The van der Waals surface area contributed by atoms with E-state index in [1.54, 1.807) is 6.07 Å². The zero-order valence-corrected chi connectivity index (χ0v) is 22.5. The molecule has 3 heterocycles. The van der Waals surface area contributed by atoms with Crippen LogP contribution in [-0.4, -0.2) is 68.2 Å². The molecule has 0 saturated carbocycles. The first-order valence-electron chi connectivity index (χ1n) is 12.0. The zero-order valence-electron chi connectivity index (χ0n) is 21.7. The number of rotatable bonds is 8. The number of ether oxygens (including phenoxy) is 4. The summed E-state index contributed by atoms with van der Waals surface area (Å²) in [5.41, 5.74) is -1.74. The molecule has 1 aromatic carbocycles. The Kier molecular flexibility index (Phi) is 9.12. The Balaban J connectivity index is 1.82. The van der Waals surface area contributed by atoms with Gasteiger partial charge in [-0.2, -0.15) is 0 Å². The second kappa shape index (κ2) is 12.6. The molecule has 0 aliphatic carbocycles. The van der Waals surface area contributed by atoms with E-state index >= 15 is 0 Å². The van der Waals surface area contributed by atoms with Crippen LogP contribution < -0.4 is 5.56 Å². The number of benzene rings is 1. The van der Waals surface area contributed by atoms with E-state index < -0.39 is 70.7 Å². The van der Waals surface area contributed by atoms with Gasteiger partial charge in [0.25, 0.3) is 0 Å². The highest BCUT2D eigenvalue weighted by Crippen LogP contribution is 2.41. The summed E-state index contributed by atoms with van der Waals surface area (Å²) in [5, 5.41) is 7.93. The molecule has 218 valence electrons. The van der Waals surface area contributed by atoms with E-state index in [0.717, 1.165) is 49.3 Å². The van der Waals surface area contributed by atoms with E-state index in [0.29, 0.717) is 4.90 Å². The summed E-state index contributed by atoms with van der Waals surface area (Å²) in [6, 6.07) is 3.10. The minimum Gasteiger partial charge on any atom is -0.463 e. The number of esters is 3. The van der Waals surface area contributed by atoms with Crippen molar-refractivity contribution < 1.29 is 46.5 Å². The predicted molar refractivity (Wildman–Crippen MR) is 134 cm³/mol. The molecule has 4 rings (SSSR count). The fourth-order valence-corrected chi connectivity index (χ4v) is 5.31. The Morgan fingerprint density at radius 3 is 2.29 bits per heavy atom. The highest BCUT2D eigenvalue weighted by Gasteiger charge is 2.52. The summed E-state index contributed by atoms with van der Waals surface area (Å²) < 4.78 is 64.9. The van der Waals surface area contributed by atoms with Gasteiger partial charge in [-0.15, -0.1) is 5.10 Å². The number of halogens is 3. The number of hydrogen-bond acceptors (Lipinski definition) is 11. The summed E-state index contributed by atoms with van der Waals surface area (Å²) in [7, 11) is 0. The van der Waals surface area contributed by atoms with E-state index in [9.17, 15) is 32.3 Å². The smallest absolute Gasteiger partial charge is 0.303 e. The summed E-state index contributed by atoms with van der Waals surface area (Å²) in [5.74, 6) is -6.73. The fraction of sp³-hybridized carbons (Fsp3) is 0.360. The summed E-state index contributed by atoms with van der Waals surface area (Å²) in [6.45, 7) is 3.03. The Hall–Kier alpha value is -4.18. The molecule has 2 aromatic heterocycles. The topological polar surface area (TPSA) is 152 Å². The third-order valence-corrected chi connectivity index (χ3v) is 6.90. The maximum absolute atomic E-state index is 13.9. The molecule has 0 bridgehead atoms. The highest BCUT2D eigenvalue weighted by molar-refractivity contribution is 7.99. The molecule has 0 spiro atoms. The highest BCUT2D eigenvalue weighted by atomic mass is 32.2. The Morgan fingerprint density at radius 1 is 1.02 bits per heavy atom. The standard InChI is InChI=1S/C25H23F3N4O8S/c1-11(33)37-10-19-23(38-12(2)34)22(32-9-18(30-31-32)14-6-16(26)21(28)17(27)7-14)24(39-13(3)35)25(40-19)41-15-4-5-29-20(36)8-15/h4-9,19,22-25H,10H2,1-3H3,(H,29,36). The van der Waals surface area contributed by atoms with Crippen molar-refractivity contribution in [3.8, 4) is 11.3 Å². The van der Waals surface area contributed by atoms with Gasteiger partial charge in [0.15, 0.2) is 29.7 Å². The minimum atomic E-state index is -1.66. The van der Waals surface area contributed by atoms with Crippen LogP contribution in [0.1, 0.15) is 26.8 Å². The second-order valence-electron chi connectivity index (χ2n) is 8.83. The third kappa shape index (κ3) is 7.13. The van der Waals surface area contributed by atoms with Crippen molar-refractivity contribution in [2.45, 2.75) is 55.5 Å². The first kappa shape index (κ1) is 29.8. The van der Waals surface area contributed by atoms with Crippen molar-refractivity contribution in [1.29, 1.82) is 0 Å². The van der Waals surface area contributed by atoms with Gasteiger partial charge in [-0.25, -0.2) is 17.9 Å². The molecule has 41 heavy (non-hydrogen) atoms. The second-order valence-corrected chi connectivity index (χ2v) is 10.0. The number of hydrogen-bond donors (Lipinski definition) is 1. The number of H-pyrrole nitrogens is 1. The maximum Gasteiger partial charge on any atom is 0.303 e. The lowest BCUT2D eigenvalue weighted by atomic mass is 9.96. The molecule has 1 fully saturated rings. The van der Waals surface area contributed by atoms with Gasteiger partial charge in [-0.3, -0.25) is 19.2 Å². The number of nitrogens with one attached hydrogen (secondary N) is 1. The summed E-state index contributed by atoms with van der Waals surface area (Å²) in [6.07, 6.45) is -1.05. The van der Waals surface area contributed by atoms with E-state index in [2.05, 4.69) is 15.3 Å². The first-order valence-corrected chi connectivity index (χ1v) is 12.9. The Morgan fingerprint density at radius 2 is 1.68 bits per heavy atom. The molecule has 1 aliphatic heterocycles. The SMILES string of the molecule is CC(=O)OCC1OC(Sc2cc[nH]c(=O)c2)C(OC(C)=O)C(n2cc(-c3cc(F)c(F)c(F)c3)nn2)C1OC(C)=O. The van der Waals surface area contributed by atoms with Crippen molar-refractivity contribution >= 4 is 29.7 Å². The molecular formula is C25H23F3N4O8S. The van der Waals surface area contributed by atoms with Gasteiger partial charge in [0.05, 0.1) is 6.20 Å². The van der Waals surface area contributed by atoms with Crippen molar-refractivity contribution in [3.63, 3.8) is 0 Å². The van der Waals surface area contributed by atoms with Crippen LogP contribution in [0.4, 0.5) is 13.2 Å². The maximum atomic E-state index is 13.9. The predicted octanol–water partition coefficient (Wildman–Crippen LogP) is 2.54. The Labute approximate surface area is 234 Å². The molecule has 5 unspecified atom stereocenters. The van der Waals surface area contributed by atoms with E-state index in [-0.39, 0.29) is 17.9 Å². The van der Waals surface area contributed by atoms with E-state index in [1.807, 2.05) is 0 Å². The number of aromatic nitrogens is 4. The van der Waals surface area contributed by atoms with Crippen LogP contribution in [0.15, 0.2) is 46.3 Å². The van der Waals surface area contributed by atoms with Crippen LogP contribution in [-0.2, 0) is 33.3 Å². The number of thioether (sulfide) groups is 1. The average Bonchev–Trinajstić information content (AvgIpc) is 3.37. The van der Waals surface area contributed by atoms with E-state index in [4.69, 9.17) is 18.9 Å². The van der Waals surface area contributed by atoms with Gasteiger partial charge in [0.1, 0.15) is 29.9 Å². The molecule has 12 nitrogen and oxygen atoms in total. The monoisotopic (exact) mass is 596 g/mol. The Bertz CT molecular complexity index is 1490. The van der Waals surface area contributed by atoms with Crippen LogP contribution in [0.5, 0.6) is 0 Å². The lowest BCUT2D eigenvalue weighted by molar-refractivity contribution is -0.212. The van der Waals surface area contributed by atoms with E-state index in [1.165, 1.54) is 18.5 Å². The number of carbonyl (C=O) groups is 3. The van der Waals surface area contributed by atoms with Crippen LogP contribution >= 0.6 is 11.8 Å². The van der Waals surface area contributed by atoms with Crippen molar-refractivity contribution in [2.75, 3.05) is 6.61 Å². The van der Waals surface area contributed by atoms with Crippen molar-refractivity contribution in [1.82, 2.24) is 20.0 Å². The molecule has 1 saturated heterocycles. The van der Waals surface area contributed by atoms with Gasteiger partial charge in [0.2, 0.25) is 5.56 Å². The molecule has 5 atom stereocenters. The third-order valence-electron chi connectivity index (χ3n) is 5.77. The molecule has 0 amide bonds. The molecule has 1 N–H and O–H groups in total. The van der Waals surface area contributed by atoms with Gasteiger partial charge in [0, 0.05) is 43.5 Å². The summed E-state index contributed by atoms with van der Waals surface area (Å²) in [4.78, 5) is 50.8. The lowest BCUT2D eigenvalue weighted by Gasteiger charge is -2.44. The van der Waals surface area contributed by atoms with Crippen LogP contribution in [0.25, 0.3) is 11.3 Å². The number of aromatic amines is 1. The largest absolute Gasteiger partial charge is 0.463 e. The number of carbonyl (C=O) groups excluding carboxylic acids is 3. The van der Waals surface area contributed by atoms with Crippen LogP contribution in [0.2, 0.25) is 0 Å². The van der Waals surface area contributed by atoms with Crippen LogP contribution in [0.3, 0.4) is 0 Å².